The molecule has 146 valence electrons. The van der Waals surface area contributed by atoms with Crippen molar-refractivity contribution in [3.8, 4) is 0 Å². The number of rotatable bonds is 4. The molecule has 2 aliphatic heterocycles. The predicted molar refractivity (Wildman–Crippen MR) is 98.6 cm³/mol. The van der Waals surface area contributed by atoms with Gasteiger partial charge in [0.25, 0.3) is 0 Å². The quantitative estimate of drug-likeness (QED) is 0.794. The second-order valence-electron chi connectivity index (χ2n) is 7.87. The number of amides is 4. The molecule has 1 atom stereocenters. The lowest BCUT2D eigenvalue weighted by Crippen LogP contribution is -2.54. The molecule has 0 spiro atoms. The second-order valence-corrected chi connectivity index (χ2v) is 7.87. The molecule has 0 bridgehead atoms. The third-order valence-electron chi connectivity index (χ3n) is 5.86. The molecule has 1 unspecified atom stereocenters. The van der Waals surface area contributed by atoms with Gasteiger partial charge in [0.15, 0.2) is 0 Å². The Hall–Kier alpha value is -1.63. The molecule has 2 saturated heterocycles. The van der Waals surface area contributed by atoms with Gasteiger partial charge in [0.05, 0.1) is 12.6 Å². The minimum atomic E-state index is -0.402. The highest BCUT2D eigenvalue weighted by molar-refractivity contribution is 5.95. The maximum Gasteiger partial charge on any atom is 0.321 e. The van der Waals surface area contributed by atoms with E-state index in [4.69, 9.17) is 0 Å². The fourth-order valence-electron chi connectivity index (χ4n) is 4.43. The fourth-order valence-corrected chi connectivity index (χ4v) is 4.43. The Morgan fingerprint density at radius 1 is 0.808 bits per heavy atom. The standard InChI is InChI=1S/C19H32N4O3/c24-17(21-19(26)20-15-8-2-1-3-9-15)14-23-13-5-4-10-16(23)18(25)22-11-6-7-12-22/h15-16H,1-14H2,(H2,20,21,24,26). The minimum absolute atomic E-state index is 0.113. The molecule has 2 heterocycles. The lowest BCUT2D eigenvalue weighted by atomic mass is 9.96. The topological polar surface area (TPSA) is 81.8 Å². The first-order valence-electron chi connectivity index (χ1n) is 10.3. The second kappa shape index (κ2) is 9.35. The molecule has 0 radical (unpaired) electrons. The highest BCUT2D eigenvalue weighted by Crippen LogP contribution is 2.21. The zero-order valence-electron chi connectivity index (χ0n) is 15.7. The molecule has 3 fully saturated rings. The van der Waals surface area contributed by atoms with Crippen molar-refractivity contribution >= 4 is 17.8 Å². The van der Waals surface area contributed by atoms with Gasteiger partial charge in [0.2, 0.25) is 11.8 Å². The number of imide groups is 1. The van der Waals surface area contributed by atoms with Gasteiger partial charge in [0, 0.05) is 19.1 Å². The van der Waals surface area contributed by atoms with Crippen LogP contribution in [0.5, 0.6) is 0 Å². The molecule has 0 aromatic rings. The van der Waals surface area contributed by atoms with E-state index in [9.17, 15) is 14.4 Å². The average Bonchev–Trinajstić information content (AvgIpc) is 3.17. The summed E-state index contributed by atoms with van der Waals surface area (Å²) >= 11 is 0. The Morgan fingerprint density at radius 3 is 2.19 bits per heavy atom. The van der Waals surface area contributed by atoms with Crippen molar-refractivity contribution in [2.75, 3.05) is 26.2 Å². The van der Waals surface area contributed by atoms with Crippen LogP contribution in [0.25, 0.3) is 0 Å². The molecule has 1 saturated carbocycles. The predicted octanol–water partition coefficient (Wildman–Crippen LogP) is 1.62. The van der Waals surface area contributed by atoms with E-state index in [-0.39, 0.29) is 30.4 Å². The van der Waals surface area contributed by atoms with Gasteiger partial charge >= 0.3 is 6.03 Å². The Balaban J connectivity index is 1.47. The van der Waals surface area contributed by atoms with Crippen LogP contribution in [0, 0.1) is 0 Å². The summed E-state index contributed by atoms with van der Waals surface area (Å²) in [6, 6.07) is -0.439. The van der Waals surface area contributed by atoms with Gasteiger partial charge in [-0.1, -0.05) is 25.7 Å². The van der Waals surface area contributed by atoms with Crippen LogP contribution in [0.1, 0.15) is 64.2 Å². The van der Waals surface area contributed by atoms with Gasteiger partial charge in [-0.2, -0.15) is 0 Å². The highest BCUT2D eigenvalue weighted by atomic mass is 16.2. The summed E-state index contributed by atoms with van der Waals surface area (Å²) in [5.41, 5.74) is 0. The molecular formula is C19H32N4O3. The third-order valence-corrected chi connectivity index (χ3v) is 5.86. The van der Waals surface area contributed by atoms with Crippen LogP contribution >= 0.6 is 0 Å². The fraction of sp³-hybridized carbons (Fsp3) is 0.842. The lowest BCUT2D eigenvalue weighted by molar-refractivity contribution is -0.138. The van der Waals surface area contributed by atoms with Crippen LogP contribution in [0.3, 0.4) is 0 Å². The third kappa shape index (κ3) is 5.19. The van der Waals surface area contributed by atoms with Crippen molar-refractivity contribution in [3.05, 3.63) is 0 Å². The Bertz CT molecular complexity index is 513. The van der Waals surface area contributed by atoms with Crippen LogP contribution in [-0.2, 0) is 9.59 Å². The summed E-state index contributed by atoms with van der Waals surface area (Å²) in [7, 11) is 0. The van der Waals surface area contributed by atoms with E-state index >= 15 is 0 Å². The van der Waals surface area contributed by atoms with Gasteiger partial charge in [-0.05, 0) is 45.1 Å². The van der Waals surface area contributed by atoms with E-state index in [1.165, 1.54) is 6.42 Å². The summed E-state index contributed by atoms with van der Waals surface area (Å²) in [4.78, 5) is 41.0. The first kappa shape index (κ1) is 19.1. The smallest absolute Gasteiger partial charge is 0.321 e. The zero-order valence-corrected chi connectivity index (χ0v) is 15.7. The first-order valence-corrected chi connectivity index (χ1v) is 10.3. The summed E-state index contributed by atoms with van der Waals surface area (Å²) in [6.07, 6.45) is 10.4. The number of likely N-dealkylation sites (tertiary alicyclic amines) is 2. The molecule has 26 heavy (non-hydrogen) atoms. The molecular weight excluding hydrogens is 332 g/mol. The number of urea groups is 1. The molecule has 2 N–H and O–H groups in total. The zero-order chi connectivity index (χ0) is 18.4. The Morgan fingerprint density at radius 2 is 1.46 bits per heavy atom. The highest BCUT2D eigenvalue weighted by Gasteiger charge is 2.34. The monoisotopic (exact) mass is 364 g/mol. The van der Waals surface area contributed by atoms with Crippen molar-refractivity contribution in [1.82, 2.24) is 20.4 Å². The summed E-state index contributed by atoms with van der Waals surface area (Å²) < 4.78 is 0. The molecule has 7 heteroatoms. The molecule has 7 nitrogen and oxygen atoms in total. The van der Waals surface area contributed by atoms with Crippen LogP contribution in [0.4, 0.5) is 4.79 Å². The summed E-state index contributed by atoms with van der Waals surface area (Å²) in [6.45, 7) is 2.52. The van der Waals surface area contributed by atoms with Gasteiger partial charge in [-0.25, -0.2) is 4.79 Å². The number of hydrogen-bond donors (Lipinski definition) is 2. The van der Waals surface area contributed by atoms with Crippen molar-refractivity contribution in [2.24, 2.45) is 0 Å². The number of carbonyl (C=O) groups excluding carboxylic acids is 3. The van der Waals surface area contributed by atoms with Gasteiger partial charge in [-0.3, -0.25) is 19.8 Å². The van der Waals surface area contributed by atoms with E-state index < -0.39 is 6.03 Å². The van der Waals surface area contributed by atoms with Crippen LogP contribution in [0.15, 0.2) is 0 Å². The lowest BCUT2D eigenvalue weighted by Gasteiger charge is -2.36. The van der Waals surface area contributed by atoms with E-state index in [0.29, 0.717) is 0 Å². The minimum Gasteiger partial charge on any atom is -0.341 e. The number of hydrogen-bond acceptors (Lipinski definition) is 4. The maximum absolute atomic E-state index is 12.8. The number of nitrogens with zero attached hydrogens (tertiary/aromatic N) is 2. The van der Waals surface area contributed by atoms with Crippen LogP contribution in [0.2, 0.25) is 0 Å². The van der Waals surface area contributed by atoms with Gasteiger partial charge in [0.1, 0.15) is 0 Å². The number of piperidine rings is 1. The number of carbonyl (C=O) groups is 3. The van der Waals surface area contributed by atoms with Crippen molar-refractivity contribution in [1.29, 1.82) is 0 Å². The SMILES string of the molecule is O=C(CN1CCCCC1C(=O)N1CCCC1)NC(=O)NC1CCCCC1. The van der Waals surface area contributed by atoms with Crippen molar-refractivity contribution in [3.63, 3.8) is 0 Å². The molecule has 0 aromatic carbocycles. The van der Waals surface area contributed by atoms with Crippen molar-refractivity contribution < 1.29 is 14.4 Å². The Kier molecular flexibility index (Phi) is 6.88. The first-order chi connectivity index (χ1) is 12.6. The normalized spacial score (nSPS) is 25.1. The molecule has 4 amide bonds. The maximum atomic E-state index is 12.8. The van der Waals surface area contributed by atoms with E-state index in [2.05, 4.69) is 10.6 Å². The van der Waals surface area contributed by atoms with Gasteiger partial charge in [-0.15, -0.1) is 0 Å². The summed E-state index contributed by atoms with van der Waals surface area (Å²) in [5, 5.41) is 5.35. The van der Waals surface area contributed by atoms with E-state index in [1.54, 1.807) is 0 Å². The molecule has 0 aromatic heterocycles. The average molecular weight is 364 g/mol. The Labute approximate surface area is 155 Å². The van der Waals surface area contributed by atoms with Crippen molar-refractivity contribution in [2.45, 2.75) is 76.3 Å². The molecule has 3 aliphatic rings. The number of nitrogens with one attached hydrogen (secondary N) is 2. The van der Waals surface area contributed by atoms with Gasteiger partial charge < -0.3 is 10.2 Å². The molecule has 3 rings (SSSR count). The van der Waals surface area contributed by atoms with Crippen LogP contribution < -0.4 is 10.6 Å². The summed E-state index contributed by atoms with van der Waals surface area (Å²) in [5.74, 6) is -0.166. The van der Waals surface area contributed by atoms with E-state index in [0.717, 1.165) is 77.4 Å². The largest absolute Gasteiger partial charge is 0.341 e. The van der Waals surface area contributed by atoms with E-state index in [1.807, 2.05) is 9.80 Å². The molecule has 1 aliphatic carbocycles. The van der Waals surface area contributed by atoms with Crippen LogP contribution in [-0.4, -0.2) is 65.9 Å².